The fraction of sp³-hybridized carbons (Fsp3) is 0.154. The molecular weight excluding hydrogens is 298 g/mol. The number of benzene rings is 1. The molecule has 1 aromatic heterocycles. The molecule has 0 aliphatic rings. The standard InChI is InChI=1S/C13H12ClN3O4/c1-20-10-6-9(11(21-2)5-7(10)14)15-13(19)8-3-4-12(18)17-16-8/h3-6H,1-2H3,(H,15,19)(H,17,18). The van der Waals surface area contributed by atoms with E-state index in [1.807, 2.05) is 0 Å². The van der Waals surface area contributed by atoms with Gasteiger partial charge < -0.3 is 14.8 Å². The third kappa shape index (κ3) is 3.32. The van der Waals surface area contributed by atoms with Crippen LogP contribution in [-0.2, 0) is 0 Å². The van der Waals surface area contributed by atoms with Crippen molar-refractivity contribution in [2.45, 2.75) is 0 Å². The minimum atomic E-state index is -0.506. The van der Waals surface area contributed by atoms with Crippen LogP contribution in [0.15, 0.2) is 29.1 Å². The number of methoxy groups -OCH3 is 2. The first kappa shape index (κ1) is 14.9. The Morgan fingerprint density at radius 2 is 1.95 bits per heavy atom. The van der Waals surface area contributed by atoms with Gasteiger partial charge in [-0.2, -0.15) is 5.10 Å². The number of hydrogen-bond acceptors (Lipinski definition) is 5. The van der Waals surface area contributed by atoms with Crippen LogP contribution in [0.5, 0.6) is 11.5 Å². The lowest BCUT2D eigenvalue weighted by atomic mass is 10.2. The molecule has 0 bridgehead atoms. The minimum Gasteiger partial charge on any atom is -0.495 e. The summed E-state index contributed by atoms with van der Waals surface area (Å²) < 4.78 is 10.2. The Hall–Kier alpha value is -2.54. The van der Waals surface area contributed by atoms with Crippen LogP contribution in [0.25, 0.3) is 0 Å². The zero-order valence-electron chi connectivity index (χ0n) is 11.3. The van der Waals surface area contributed by atoms with E-state index in [-0.39, 0.29) is 5.69 Å². The van der Waals surface area contributed by atoms with E-state index in [9.17, 15) is 9.59 Å². The van der Waals surface area contributed by atoms with E-state index in [1.54, 1.807) is 0 Å². The number of carbonyl (C=O) groups excluding carboxylic acids is 1. The molecule has 21 heavy (non-hydrogen) atoms. The van der Waals surface area contributed by atoms with Gasteiger partial charge >= 0.3 is 0 Å². The minimum absolute atomic E-state index is 0.0607. The third-order valence-electron chi connectivity index (χ3n) is 2.63. The Kier molecular flexibility index (Phi) is 4.44. The van der Waals surface area contributed by atoms with Gasteiger partial charge in [0.05, 0.1) is 24.9 Å². The summed E-state index contributed by atoms with van der Waals surface area (Å²) in [6, 6.07) is 5.58. The summed E-state index contributed by atoms with van der Waals surface area (Å²) in [5.41, 5.74) is 0.0413. The molecule has 0 saturated carbocycles. The number of H-pyrrole nitrogens is 1. The number of halogens is 1. The van der Waals surface area contributed by atoms with Gasteiger partial charge in [0.15, 0.2) is 0 Å². The molecule has 110 valence electrons. The van der Waals surface area contributed by atoms with Crippen molar-refractivity contribution in [3.8, 4) is 11.5 Å². The maximum absolute atomic E-state index is 12.1. The number of carbonyl (C=O) groups is 1. The van der Waals surface area contributed by atoms with Crippen LogP contribution < -0.4 is 20.3 Å². The lowest BCUT2D eigenvalue weighted by Crippen LogP contribution is -2.18. The smallest absolute Gasteiger partial charge is 0.276 e. The summed E-state index contributed by atoms with van der Waals surface area (Å²) in [6.45, 7) is 0. The van der Waals surface area contributed by atoms with Crippen LogP contribution in [0, 0.1) is 0 Å². The Labute approximate surface area is 124 Å². The van der Waals surface area contributed by atoms with Crippen molar-refractivity contribution in [1.82, 2.24) is 10.2 Å². The first-order valence-corrected chi connectivity index (χ1v) is 6.21. The second kappa shape index (κ2) is 6.27. The summed E-state index contributed by atoms with van der Waals surface area (Å²) in [5, 5.41) is 8.79. The molecule has 1 aromatic carbocycles. The highest BCUT2D eigenvalue weighted by molar-refractivity contribution is 6.32. The van der Waals surface area contributed by atoms with Crippen LogP contribution in [-0.4, -0.2) is 30.3 Å². The molecule has 2 rings (SSSR count). The first-order valence-electron chi connectivity index (χ1n) is 5.83. The number of anilines is 1. The molecule has 0 atom stereocenters. The van der Waals surface area contributed by atoms with E-state index in [1.165, 1.54) is 38.5 Å². The van der Waals surface area contributed by atoms with Crippen LogP contribution in [0.3, 0.4) is 0 Å². The van der Waals surface area contributed by atoms with E-state index < -0.39 is 11.5 Å². The Bertz CT molecular complexity index is 709. The van der Waals surface area contributed by atoms with Gasteiger partial charge in [-0.1, -0.05) is 11.6 Å². The van der Waals surface area contributed by atoms with E-state index >= 15 is 0 Å². The van der Waals surface area contributed by atoms with Crippen molar-refractivity contribution < 1.29 is 14.3 Å². The molecule has 0 unspecified atom stereocenters. The summed E-state index contributed by atoms with van der Waals surface area (Å²) in [7, 11) is 2.91. The number of aromatic amines is 1. The highest BCUT2D eigenvalue weighted by Crippen LogP contribution is 2.35. The third-order valence-corrected chi connectivity index (χ3v) is 2.93. The maximum atomic E-state index is 12.1. The SMILES string of the molecule is COc1cc(NC(=O)c2ccc(=O)[nH]n2)c(OC)cc1Cl. The molecule has 0 aliphatic heterocycles. The normalized spacial score (nSPS) is 10.0. The molecule has 2 N–H and O–H groups in total. The molecule has 0 fully saturated rings. The molecule has 2 aromatic rings. The predicted molar refractivity (Wildman–Crippen MR) is 77.4 cm³/mol. The molecule has 0 radical (unpaired) electrons. The zero-order valence-corrected chi connectivity index (χ0v) is 12.0. The van der Waals surface area contributed by atoms with E-state index in [0.29, 0.717) is 22.2 Å². The van der Waals surface area contributed by atoms with Gasteiger partial charge in [0.25, 0.3) is 11.5 Å². The maximum Gasteiger partial charge on any atom is 0.276 e. The number of nitrogens with zero attached hydrogens (tertiary/aromatic N) is 1. The van der Waals surface area contributed by atoms with Gasteiger partial charge in [-0.3, -0.25) is 9.59 Å². The van der Waals surface area contributed by atoms with Gasteiger partial charge in [-0.05, 0) is 6.07 Å². The van der Waals surface area contributed by atoms with Crippen molar-refractivity contribution in [1.29, 1.82) is 0 Å². The van der Waals surface area contributed by atoms with E-state index in [0.717, 1.165) is 0 Å². The largest absolute Gasteiger partial charge is 0.495 e. The average Bonchev–Trinajstić information content (AvgIpc) is 2.49. The molecule has 0 saturated heterocycles. The average molecular weight is 310 g/mol. The van der Waals surface area contributed by atoms with Crippen LogP contribution in [0.4, 0.5) is 5.69 Å². The number of hydrogen-bond donors (Lipinski definition) is 2. The second-order valence-electron chi connectivity index (χ2n) is 3.95. The van der Waals surface area contributed by atoms with Gasteiger partial charge in [0.1, 0.15) is 17.2 Å². The monoisotopic (exact) mass is 309 g/mol. The first-order chi connectivity index (χ1) is 10.0. The lowest BCUT2D eigenvalue weighted by Gasteiger charge is -2.12. The Balaban J connectivity index is 2.31. The summed E-state index contributed by atoms with van der Waals surface area (Å²) in [6.07, 6.45) is 0. The van der Waals surface area contributed by atoms with Crippen molar-refractivity contribution in [3.05, 3.63) is 45.3 Å². The molecule has 1 amide bonds. The summed E-state index contributed by atoms with van der Waals surface area (Å²) >= 11 is 5.98. The number of rotatable bonds is 4. The molecule has 7 nitrogen and oxygen atoms in total. The molecule has 0 aliphatic carbocycles. The molecule has 0 spiro atoms. The second-order valence-corrected chi connectivity index (χ2v) is 4.35. The van der Waals surface area contributed by atoms with Gasteiger partial charge in [-0.15, -0.1) is 0 Å². The summed E-state index contributed by atoms with van der Waals surface area (Å²) in [5.74, 6) is 0.259. The number of aromatic nitrogens is 2. The topological polar surface area (TPSA) is 93.3 Å². The quantitative estimate of drug-likeness (QED) is 0.896. The van der Waals surface area contributed by atoms with Crippen LogP contribution in [0.2, 0.25) is 5.02 Å². The van der Waals surface area contributed by atoms with Crippen molar-refractivity contribution >= 4 is 23.2 Å². The Morgan fingerprint density at radius 3 is 2.52 bits per heavy atom. The fourth-order valence-electron chi connectivity index (χ4n) is 1.62. The zero-order chi connectivity index (χ0) is 15.4. The Morgan fingerprint density at radius 1 is 1.24 bits per heavy atom. The van der Waals surface area contributed by atoms with E-state index in [2.05, 4.69) is 15.5 Å². The van der Waals surface area contributed by atoms with Crippen molar-refractivity contribution in [2.24, 2.45) is 0 Å². The van der Waals surface area contributed by atoms with Crippen LogP contribution >= 0.6 is 11.6 Å². The lowest BCUT2D eigenvalue weighted by molar-refractivity contribution is 0.102. The van der Waals surface area contributed by atoms with E-state index in [4.69, 9.17) is 21.1 Å². The predicted octanol–water partition coefficient (Wildman–Crippen LogP) is 1.69. The van der Waals surface area contributed by atoms with Crippen molar-refractivity contribution in [2.75, 3.05) is 19.5 Å². The number of nitrogens with one attached hydrogen (secondary N) is 2. The molecule has 8 heteroatoms. The summed E-state index contributed by atoms with van der Waals surface area (Å²) in [4.78, 5) is 23.0. The van der Waals surface area contributed by atoms with Crippen LogP contribution in [0.1, 0.15) is 10.5 Å². The van der Waals surface area contributed by atoms with Crippen molar-refractivity contribution in [3.63, 3.8) is 0 Å². The molecule has 1 heterocycles. The number of ether oxygens (including phenoxy) is 2. The highest BCUT2D eigenvalue weighted by Gasteiger charge is 2.14. The number of amides is 1. The highest BCUT2D eigenvalue weighted by atomic mass is 35.5. The fourth-order valence-corrected chi connectivity index (χ4v) is 1.85. The van der Waals surface area contributed by atoms with Gasteiger partial charge in [0, 0.05) is 18.2 Å². The van der Waals surface area contributed by atoms with Gasteiger partial charge in [-0.25, -0.2) is 5.10 Å². The van der Waals surface area contributed by atoms with Gasteiger partial charge in [0.2, 0.25) is 0 Å². The molecular formula is C13H12ClN3O4.